The Morgan fingerprint density at radius 3 is 2.85 bits per heavy atom. The van der Waals surface area contributed by atoms with E-state index in [4.69, 9.17) is 4.74 Å². The summed E-state index contributed by atoms with van der Waals surface area (Å²) in [6.07, 6.45) is 0.824. The second kappa shape index (κ2) is 9.94. The molecule has 1 heterocycles. The molecule has 0 spiro atoms. The molecule has 6 nitrogen and oxygen atoms in total. The van der Waals surface area contributed by atoms with Crippen molar-refractivity contribution in [2.75, 3.05) is 26.0 Å². The fourth-order valence-electron chi connectivity index (χ4n) is 2.55. The zero-order valence-corrected chi connectivity index (χ0v) is 15.2. The SMILES string of the molecule is COCCCNC(=O)CSC1=C(C#N)[C@H](c2ccc(F)cc2)CC(=O)N1. The van der Waals surface area contributed by atoms with Gasteiger partial charge in [-0.1, -0.05) is 23.9 Å². The number of amides is 2. The van der Waals surface area contributed by atoms with Gasteiger partial charge in [0.15, 0.2) is 0 Å². The molecule has 2 N–H and O–H groups in total. The smallest absolute Gasteiger partial charge is 0.230 e. The molecule has 0 saturated heterocycles. The Morgan fingerprint density at radius 2 is 2.19 bits per heavy atom. The Kier molecular flexibility index (Phi) is 7.63. The third-order valence-corrected chi connectivity index (χ3v) is 4.84. The molecule has 8 heteroatoms. The summed E-state index contributed by atoms with van der Waals surface area (Å²) in [6, 6.07) is 7.87. The number of halogens is 1. The third-order valence-electron chi connectivity index (χ3n) is 3.82. The molecule has 138 valence electrons. The highest BCUT2D eigenvalue weighted by molar-refractivity contribution is 8.03. The van der Waals surface area contributed by atoms with E-state index < -0.39 is 5.92 Å². The maximum absolute atomic E-state index is 13.1. The highest BCUT2D eigenvalue weighted by Gasteiger charge is 2.29. The van der Waals surface area contributed by atoms with Crippen LogP contribution in [0, 0.1) is 17.1 Å². The van der Waals surface area contributed by atoms with Gasteiger partial charge in [-0.3, -0.25) is 9.59 Å². The molecule has 0 bridgehead atoms. The van der Waals surface area contributed by atoms with Gasteiger partial charge in [0.05, 0.1) is 22.4 Å². The van der Waals surface area contributed by atoms with Gasteiger partial charge in [-0.2, -0.15) is 5.26 Å². The van der Waals surface area contributed by atoms with Gasteiger partial charge >= 0.3 is 0 Å². The minimum atomic E-state index is -0.443. The molecule has 2 rings (SSSR count). The first-order valence-corrected chi connectivity index (χ1v) is 9.11. The predicted molar refractivity (Wildman–Crippen MR) is 96.5 cm³/mol. The molecule has 2 amide bonds. The number of ether oxygens (including phenoxy) is 1. The van der Waals surface area contributed by atoms with Crippen molar-refractivity contribution in [1.29, 1.82) is 5.26 Å². The number of nitrogens with zero attached hydrogens (tertiary/aromatic N) is 1. The van der Waals surface area contributed by atoms with Crippen molar-refractivity contribution in [3.05, 3.63) is 46.2 Å². The fourth-order valence-corrected chi connectivity index (χ4v) is 3.45. The number of allylic oxidation sites excluding steroid dienone is 1. The minimum Gasteiger partial charge on any atom is -0.385 e. The maximum atomic E-state index is 13.1. The molecular formula is C18H20FN3O3S. The van der Waals surface area contributed by atoms with E-state index in [-0.39, 0.29) is 29.8 Å². The molecule has 0 aliphatic carbocycles. The second-order valence-electron chi connectivity index (χ2n) is 5.70. The van der Waals surface area contributed by atoms with Gasteiger partial charge in [0.2, 0.25) is 11.8 Å². The van der Waals surface area contributed by atoms with Crippen LogP contribution >= 0.6 is 11.8 Å². The minimum absolute atomic E-state index is 0.0872. The van der Waals surface area contributed by atoms with Crippen LogP contribution in [0.15, 0.2) is 34.9 Å². The number of benzene rings is 1. The Hall–Kier alpha value is -2.37. The van der Waals surface area contributed by atoms with E-state index in [9.17, 15) is 19.2 Å². The first-order valence-electron chi connectivity index (χ1n) is 8.13. The van der Waals surface area contributed by atoms with Crippen LogP contribution in [0.3, 0.4) is 0 Å². The number of nitrogens with one attached hydrogen (secondary N) is 2. The van der Waals surface area contributed by atoms with E-state index in [1.807, 2.05) is 0 Å². The molecule has 0 fully saturated rings. The number of hydrogen-bond acceptors (Lipinski definition) is 5. The van der Waals surface area contributed by atoms with Crippen LogP contribution in [0.4, 0.5) is 4.39 Å². The zero-order chi connectivity index (χ0) is 18.9. The number of nitriles is 1. The number of thioether (sulfide) groups is 1. The van der Waals surface area contributed by atoms with Gasteiger partial charge in [0.1, 0.15) is 5.82 Å². The Morgan fingerprint density at radius 1 is 1.46 bits per heavy atom. The largest absolute Gasteiger partial charge is 0.385 e. The van der Waals surface area contributed by atoms with Crippen LogP contribution in [0.5, 0.6) is 0 Å². The van der Waals surface area contributed by atoms with Crippen molar-refractivity contribution in [1.82, 2.24) is 10.6 Å². The van der Waals surface area contributed by atoms with Crippen molar-refractivity contribution in [3.63, 3.8) is 0 Å². The average Bonchev–Trinajstić information content (AvgIpc) is 2.63. The first kappa shape index (κ1) is 19.9. The zero-order valence-electron chi connectivity index (χ0n) is 14.4. The summed E-state index contributed by atoms with van der Waals surface area (Å²) in [6.45, 7) is 1.06. The fraction of sp³-hybridized carbons (Fsp3) is 0.389. The number of rotatable bonds is 8. The van der Waals surface area contributed by atoms with Gasteiger partial charge in [0.25, 0.3) is 0 Å². The topological polar surface area (TPSA) is 91.2 Å². The van der Waals surface area contributed by atoms with Gasteiger partial charge in [-0.25, -0.2) is 4.39 Å². The normalized spacial score (nSPS) is 16.8. The van der Waals surface area contributed by atoms with E-state index in [2.05, 4.69) is 16.7 Å². The lowest BCUT2D eigenvalue weighted by molar-refractivity contribution is -0.121. The molecule has 0 saturated carbocycles. The molecule has 1 aromatic carbocycles. The number of hydrogen-bond donors (Lipinski definition) is 2. The number of methoxy groups -OCH3 is 1. The van der Waals surface area contributed by atoms with E-state index in [0.29, 0.717) is 35.7 Å². The van der Waals surface area contributed by atoms with Crippen molar-refractivity contribution in [2.45, 2.75) is 18.8 Å². The molecule has 0 unspecified atom stereocenters. The van der Waals surface area contributed by atoms with Gasteiger partial charge in [0, 0.05) is 32.6 Å². The molecule has 0 aromatic heterocycles. The van der Waals surface area contributed by atoms with Crippen LogP contribution in [-0.4, -0.2) is 37.8 Å². The van der Waals surface area contributed by atoms with Crippen molar-refractivity contribution >= 4 is 23.6 Å². The first-order chi connectivity index (χ1) is 12.5. The molecular weight excluding hydrogens is 357 g/mol. The third kappa shape index (κ3) is 5.58. The Labute approximate surface area is 155 Å². The van der Waals surface area contributed by atoms with Crippen molar-refractivity contribution in [2.24, 2.45) is 0 Å². The van der Waals surface area contributed by atoms with Gasteiger partial charge in [-0.05, 0) is 24.1 Å². The van der Waals surface area contributed by atoms with Gasteiger partial charge < -0.3 is 15.4 Å². The summed E-state index contributed by atoms with van der Waals surface area (Å²) in [5, 5.41) is 15.3. The molecule has 26 heavy (non-hydrogen) atoms. The number of carbonyl (C=O) groups is 2. The van der Waals surface area contributed by atoms with Gasteiger partial charge in [-0.15, -0.1) is 0 Å². The summed E-state index contributed by atoms with van der Waals surface area (Å²) in [5.74, 6) is -1.16. The van der Waals surface area contributed by atoms with Crippen LogP contribution < -0.4 is 10.6 Å². The summed E-state index contributed by atoms with van der Waals surface area (Å²) in [5.41, 5.74) is 1.08. The second-order valence-corrected chi connectivity index (χ2v) is 6.68. The lowest BCUT2D eigenvalue weighted by Gasteiger charge is -2.25. The quantitative estimate of drug-likeness (QED) is 0.677. The van der Waals surface area contributed by atoms with E-state index in [1.54, 1.807) is 19.2 Å². The van der Waals surface area contributed by atoms with Crippen LogP contribution in [0.25, 0.3) is 0 Å². The monoisotopic (exact) mass is 377 g/mol. The summed E-state index contributed by atoms with van der Waals surface area (Å²) in [4.78, 5) is 23.9. The lowest BCUT2D eigenvalue weighted by atomic mass is 9.87. The highest BCUT2D eigenvalue weighted by Crippen LogP contribution is 2.35. The van der Waals surface area contributed by atoms with Crippen LogP contribution in [0.1, 0.15) is 24.3 Å². The Balaban J connectivity index is 2.06. The van der Waals surface area contributed by atoms with E-state index in [0.717, 1.165) is 11.8 Å². The van der Waals surface area contributed by atoms with E-state index in [1.165, 1.54) is 12.1 Å². The van der Waals surface area contributed by atoms with E-state index >= 15 is 0 Å². The average molecular weight is 377 g/mol. The maximum Gasteiger partial charge on any atom is 0.230 e. The molecule has 0 radical (unpaired) electrons. The van der Waals surface area contributed by atoms with Crippen LogP contribution in [0.2, 0.25) is 0 Å². The molecule has 1 aromatic rings. The molecule has 1 atom stereocenters. The summed E-state index contributed by atoms with van der Waals surface area (Å²) >= 11 is 1.12. The molecule has 1 aliphatic heterocycles. The molecule has 1 aliphatic rings. The highest BCUT2D eigenvalue weighted by atomic mass is 32.2. The Bertz CT molecular complexity index is 728. The summed E-state index contributed by atoms with van der Waals surface area (Å²) in [7, 11) is 1.59. The van der Waals surface area contributed by atoms with Crippen molar-refractivity contribution in [3.8, 4) is 6.07 Å². The van der Waals surface area contributed by atoms with Crippen molar-refractivity contribution < 1.29 is 18.7 Å². The standard InChI is InChI=1S/C18H20FN3O3S/c1-25-8-2-7-21-17(24)11-26-18-15(10-20)14(9-16(23)22-18)12-3-5-13(19)6-4-12/h3-6,14H,2,7-9,11H2,1H3,(H,21,24)(H,22,23)/t14-/m0/s1. The summed E-state index contributed by atoms with van der Waals surface area (Å²) < 4.78 is 18.0. The predicted octanol–water partition coefficient (Wildman–Crippen LogP) is 2.05. The number of carbonyl (C=O) groups excluding carboxylic acids is 2. The van der Waals surface area contributed by atoms with Crippen LogP contribution in [-0.2, 0) is 14.3 Å². The lowest BCUT2D eigenvalue weighted by Crippen LogP contribution is -2.32.